The number of methoxy groups -OCH3 is 2. The van der Waals surface area contributed by atoms with Gasteiger partial charge in [0.05, 0.1) is 25.6 Å². The Balaban J connectivity index is 1.50. The highest BCUT2D eigenvalue weighted by atomic mass is 32.2. The van der Waals surface area contributed by atoms with Crippen molar-refractivity contribution in [2.75, 3.05) is 14.2 Å². The largest absolute Gasteiger partial charge is 0.497 e. The lowest BCUT2D eigenvalue weighted by molar-refractivity contribution is 0.0266. The third-order valence-corrected chi connectivity index (χ3v) is 11.3. The van der Waals surface area contributed by atoms with E-state index in [0.717, 1.165) is 47.5 Å². The van der Waals surface area contributed by atoms with Crippen LogP contribution >= 0.6 is 0 Å². The van der Waals surface area contributed by atoms with Crippen LogP contribution < -0.4 is 9.47 Å². The normalized spacial score (nSPS) is 23.6. The molecule has 2 aliphatic rings. The Hall–Kier alpha value is -2.35. The van der Waals surface area contributed by atoms with Gasteiger partial charge >= 0.3 is 0 Å². The van der Waals surface area contributed by atoms with Gasteiger partial charge in [-0.1, -0.05) is 50.6 Å². The molecule has 0 bridgehead atoms. The average molecular weight is 542 g/mol. The number of nitrogens with zero attached hydrogens (tertiary/aromatic N) is 1. The molecule has 0 saturated heterocycles. The molecule has 2 aromatic carbocycles. The molecule has 0 heterocycles. The van der Waals surface area contributed by atoms with Crippen LogP contribution in [0, 0.1) is 23.7 Å². The van der Waals surface area contributed by atoms with Crippen LogP contribution in [0.1, 0.15) is 57.6 Å². The van der Waals surface area contributed by atoms with Gasteiger partial charge in [0.2, 0.25) is 10.0 Å². The summed E-state index contributed by atoms with van der Waals surface area (Å²) < 4.78 is 40.2. The second-order valence-corrected chi connectivity index (χ2v) is 13.3. The summed E-state index contributed by atoms with van der Waals surface area (Å²) in [6.45, 7) is 6.61. The van der Waals surface area contributed by atoms with E-state index in [9.17, 15) is 13.5 Å². The molecule has 0 amide bonds. The van der Waals surface area contributed by atoms with Crippen molar-refractivity contribution in [3.8, 4) is 11.5 Å². The average Bonchev–Trinajstić information content (AvgIpc) is 2.87. The summed E-state index contributed by atoms with van der Waals surface area (Å²) in [5.74, 6) is 2.56. The third-order valence-electron chi connectivity index (χ3n) is 8.97. The van der Waals surface area contributed by atoms with E-state index < -0.39 is 15.3 Å². The number of ether oxygens (including phenoxy) is 2. The van der Waals surface area contributed by atoms with E-state index in [4.69, 9.17) is 9.47 Å². The van der Waals surface area contributed by atoms with Crippen LogP contribution in [0.3, 0.4) is 0 Å². The number of aliphatic hydroxyl groups excluding tert-OH is 1. The van der Waals surface area contributed by atoms with Crippen molar-refractivity contribution in [2.45, 2.75) is 70.9 Å². The minimum absolute atomic E-state index is 0.0615. The summed E-state index contributed by atoms with van der Waals surface area (Å²) in [7, 11) is -0.396. The van der Waals surface area contributed by atoms with E-state index in [2.05, 4.69) is 13.0 Å². The number of sulfonamides is 1. The number of hydrogen-bond donors (Lipinski definition) is 1. The van der Waals surface area contributed by atoms with Crippen LogP contribution in [0.4, 0.5) is 0 Å². The fourth-order valence-electron chi connectivity index (χ4n) is 5.82. The standard InChI is InChI=1S/C31H43NO5S/c1-6-25-11-16-30(25)31(33)27-17-26(18-27)21(2)22(3)38(34,35)32(19-23-7-12-28(36-4)13-8-23)20-24-9-14-29(37-5)15-10-24/h7-10,12-15,17,21-22,25-26,30-31,33H,6,11,16,18-20H2,1-5H3/t21-,22-,25?,26?,30-,31+/m1/s1. The van der Waals surface area contributed by atoms with Gasteiger partial charge in [-0.15, -0.1) is 0 Å². The third kappa shape index (κ3) is 6.11. The van der Waals surface area contributed by atoms with Crippen LogP contribution in [-0.4, -0.2) is 43.4 Å². The first-order chi connectivity index (χ1) is 18.2. The van der Waals surface area contributed by atoms with Crippen molar-refractivity contribution in [1.82, 2.24) is 4.31 Å². The second-order valence-electron chi connectivity index (χ2n) is 11.0. The highest BCUT2D eigenvalue weighted by Crippen LogP contribution is 2.46. The van der Waals surface area contributed by atoms with Gasteiger partial charge in [-0.05, 0) is 90.8 Å². The smallest absolute Gasteiger partial charge is 0.217 e. The summed E-state index contributed by atoms with van der Waals surface area (Å²) in [6, 6.07) is 15.1. The van der Waals surface area contributed by atoms with Gasteiger partial charge in [-0.25, -0.2) is 8.42 Å². The van der Waals surface area contributed by atoms with Gasteiger partial charge in [-0.2, -0.15) is 4.31 Å². The molecule has 1 N–H and O–H groups in total. The predicted octanol–water partition coefficient (Wildman–Crippen LogP) is 5.80. The van der Waals surface area contributed by atoms with Crippen LogP contribution in [-0.2, 0) is 23.1 Å². The lowest BCUT2D eigenvalue weighted by Crippen LogP contribution is -2.44. The zero-order valence-electron chi connectivity index (χ0n) is 23.3. The lowest BCUT2D eigenvalue weighted by Gasteiger charge is -2.44. The number of benzene rings is 2. The van der Waals surface area contributed by atoms with Gasteiger partial charge in [0.1, 0.15) is 11.5 Å². The van der Waals surface area contributed by atoms with E-state index in [1.165, 1.54) is 6.42 Å². The van der Waals surface area contributed by atoms with Gasteiger partial charge in [0.25, 0.3) is 0 Å². The SMILES string of the molecule is CCC1CC[C@H]1[C@@H](O)C1=CC([C@H](C)[C@@H](C)S(=O)(=O)N(Cc2ccc(OC)cc2)Cc2ccc(OC)cc2)C1. The Labute approximate surface area is 228 Å². The van der Waals surface area contributed by atoms with Crippen molar-refractivity contribution in [2.24, 2.45) is 23.7 Å². The van der Waals surface area contributed by atoms with Crippen molar-refractivity contribution in [3.63, 3.8) is 0 Å². The zero-order chi connectivity index (χ0) is 27.4. The molecule has 2 aromatic rings. The molecule has 4 rings (SSSR count). The monoisotopic (exact) mass is 541 g/mol. The van der Waals surface area contributed by atoms with E-state index in [1.54, 1.807) is 18.5 Å². The van der Waals surface area contributed by atoms with Gasteiger partial charge in [0.15, 0.2) is 0 Å². The van der Waals surface area contributed by atoms with E-state index >= 15 is 0 Å². The molecule has 1 saturated carbocycles. The van der Waals surface area contributed by atoms with Crippen LogP contribution in [0.15, 0.2) is 60.2 Å². The molecule has 208 valence electrons. The lowest BCUT2D eigenvalue weighted by atomic mass is 9.64. The Kier molecular flexibility index (Phi) is 9.22. The van der Waals surface area contributed by atoms with Gasteiger partial charge in [-0.3, -0.25) is 0 Å². The minimum atomic E-state index is -3.63. The minimum Gasteiger partial charge on any atom is -0.497 e. The van der Waals surface area contributed by atoms with Gasteiger partial charge < -0.3 is 14.6 Å². The number of hydrogen-bond acceptors (Lipinski definition) is 5. The fraction of sp³-hybridized carbons (Fsp3) is 0.548. The van der Waals surface area contributed by atoms with Crippen LogP contribution in [0.5, 0.6) is 11.5 Å². The topological polar surface area (TPSA) is 76.1 Å². The van der Waals surface area contributed by atoms with Crippen LogP contribution in [0.25, 0.3) is 0 Å². The first-order valence-corrected chi connectivity index (χ1v) is 15.3. The van der Waals surface area contributed by atoms with E-state index in [-0.39, 0.29) is 31.0 Å². The van der Waals surface area contributed by atoms with Crippen molar-refractivity contribution in [1.29, 1.82) is 0 Å². The maximum atomic E-state index is 14.0. The second kappa shape index (κ2) is 12.2. The molecule has 0 aromatic heterocycles. The number of rotatable bonds is 13. The van der Waals surface area contributed by atoms with Crippen molar-refractivity contribution >= 4 is 10.0 Å². The molecule has 7 heteroatoms. The zero-order valence-corrected chi connectivity index (χ0v) is 24.2. The number of aliphatic hydroxyl groups is 1. The molecule has 6 atom stereocenters. The maximum absolute atomic E-state index is 14.0. The molecule has 0 spiro atoms. The molecule has 1 fully saturated rings. The highest BCUT2D eigenvalue weighted by Gasteiger charge is 2.42. The van der Waals surface area contributed by atoms with E-state index in [0.29, 0.717) is 11.8 Å². The summed E-state index contributed by atoms with van der Waals surface area (Å²) in [6.07, 6.45) is 5.97. The first kappa shape index (κ1) is 28.7. The molecule has 2 aliphatic carbocycles. The molecular weight excluding hydrogens is 498 g/mol. The predicted molar refractivity (Wildman–Crippen MR) is 151 cm³/mol. The Bertz CT molecular complexity index is 1140. The molecule has 2 unspecified atom stereocenters. The summed E-state index contributed by atoms with van der Waals surface area (Å²) >= 11 is 0. The fourth-order valence-corrected chi connectivity index (χ4v) is 7.70. The molecular formula is C31H43NO5S. The van der Waals surface area contributed by atoms with Crippen LogP contribution in [0.2, 0.25) is 0 Å². The molecule has 6 nitrogen and oxygen atoms in total. The van der Waals surface area contributed by atoms with Gasteiger partial charge in [0, 0.05) is 13.1 Å². The first-order valence-electron chi connectivity index (χ1n) is 13.8. The molecule has 38 heavy (non-hydrogen) atoms. The van der Waals surface area contributed by atoms with Crippen molar-refractivity contribution < 1.29 is 23.0 Å². The summed E-state index contributed by atoms with van der Waals surface area (Å²) in [4.78, 5) is 0. The Morgan fingerprint density at radius 2 is 1.42 bits per heavy atom. The highest BCUT2D eigenvalue weighted by molar-refractivity contribution is 7.89. The summed E-state index contributed by atoms with van der Waals surface area (Å²) in [5.41, 5.74) is 2.91. The Morgan fingerprint density at radius 3 is 1.82 bits per heavy atom. The molecule has 0 radical (unpaired) electrons. The van der Waals surface area contributed by atoms with E-state index in [1.807, 2.05) is 62.4 Å². The quantitative estimate of drug-likeness (QED) is 0.324. The maximum Gasteiger partial charge on any atom is 0.217 e. The molecule has 0 aliphatic heterocycles. The Morgan fingerprint density at radius 1 is 0.921 bits per heavy atom. The summed E-state index contributed by atoms with van der Waals surface area (Å²) in [5, 5.41) is 10.3. The number of allylic oxidation sites excluding steroid dienone is 1. The van der Waals surface area contributed by atoms with Crippen molar-refractivity contribution in [3.05, 3.63) is 71.3 Å².